The molecule has 1 heterocycles. The van der Waals surface area contributed by atoms with Crippen LogP contribution in [0.25, 0.3) is 0 Å². The number of hydrogen-bond donors (Lipinski definition) is 0. The topological polar surface area (TPSA) is 26.3 Å². The lowest BCUT2D eigenvalue weighted by molar-refractivity contribution is 0.296. The van der Waals surface area contributed by atoms with Crippen LogP contribution in [-0.2, 0) is 9.09 Å². The van der Waals surface area contributed by atoms with E-state index in [-0.39, 0.29) is 5.92 Å². The van der Waals surface area contributed by atoms with Gasteiger partial charge in [0.05, 0.1) is 0 Å². The molecule has 0 bridgehead atoms. The van der Waals surface area contributed by atoms with Gasteiger partial charge in [-0.1, -0.05) is 13.8 Å². The first-order valence-corrected chi connectivity index (χ1v) is 6.62. The Labute approximate surface area is 80.5 Å². The Morgan fingerprint density at radius 3 is 2.54 bits per heavy atom. The Bertz CT molecular complexity index is 267. The van der Waals surface area contributed by atoms with Gasteiger partial charge in [0.2, 0.25) is 7.37 Å². The molecule has 1 saturated heterocycles. The quantitative estimate of drug-likeness (QED) is 0.480. The molecule has 0 spiro atoms. The fourth-order valence-corrected chi connectivity index (χ4v) is 4.59. The maximum atomic E-state index is 12.0. The molecule has 0 aromatic carbocycles. The van der Waals surface area contributed by atoms with Gasteiger partial charge in [-0.2, -0.15) is 0 Å². The SMILES string of the molecule is C#CC1CP(=O)(OC)CC(C)C1C. The summed E-state index contributed by atoms with van der Waals surface area (Å²) >= 11 is 0. The summed E-state index contributed by atoms with van der Waals surface area (Å²) in [6.07, 6.45) is 6.65. The third-order valence-electron chi connectivity index (χ3n) is 3.12. The van der Waals surface area contributed by atoms with Gasteiger partial charge in [-0.25, -0.2) is 0 Å². The van der Waals surface area contributed by atoms with Crippen LogP contribution in [0.3, 0.4) is 0 Å². The van der Waals surface area contributed by atoms with Crippen LogP contribution in [0, 0.1) is 30.1 Å². The molecule has 0 N–H and O–H groups in total. The molecule has 1 rings (SSSR count). The molecule has 1 fully saturated rings. The van der Waals surface area contributed by atoms with Crippen molar-refractivity contribution in [2.75, 3.05) is 19.4 Å². The van der Waals surface area contributed by atoms with Crippen molar-refractivity contribution >= 4 is 7.37 Å². The van der Waals surface area contributed by atoms with Gasteiger partial charge in [-0.05, 0) is 11.8 Å². The van der Waals surface area contributed by atoms with E-state index in [1.165, 1.54) is 7.11 Å². The lowest BCUT2D eigenvalue weighted by Gasteiger charge is -2.35. The fraction of sp³-hybridized carbons (Fsp3) is 0.800. The minimum Gasteiger partial charge on any atom is -0.332 e. The zero-order valence-corrected chi connectivity index (χ0v) is 9.38. The van der Waals surface area contributed by atoms with Gasteiger partial charge in [0.15, 0.2) is 0 Å². The first kappa shape index (κ1) is 10.8. The van der Waals surface area contributed by atoms with Crippen LogP contribution in [0.2, 0.25) is 0 Å². The number of terminal acetylenes is 1. The molecule has 0 radical (unpaired) electrons. The van der Waals surface area contributed by atoms with E-state index in [1.807, 2.05) is 0 Å². The van der Waals surface area contributed by atoms with E-state index in [9.17, 15) is 4.57 Å². The average molecular weight is 200 g/mol. The van der Waals surface area contributed by atoms with E-state index in [4.69, 9.17) is 10.9 Å². The highest BCUT2D eigenvalue weighted by atomic mass is 31.2. The largest absolute Gasteiger partial charge is 0.332 e. The molecule has 4 unspecified atom stereocenters. The predicted octanol–water partition coefficient (Wildman–Crippen LogP) is 2.45. The summed E-state index contributed by atoms with van der Waals surface area (Å²) < 4.78 is 17.1. The molecule has 74 valence electrons. The zero-order chi connectivity index (χ0) is 10.1. The van der Waals surface area contributed by atoms with Crippen molar-refractivity contribution in [3.05, 3.63) is 0 Å². The lowest BCUT2D eigenvalue weighted by atomic mass is 9.86. The van der Waals surface area contributed by atoms with Crippen molar-refractivity contribution in [3.8, 4) is 12.3 Å². The van der Waals surface area contributed by atoms with Crippen LogP contribution in [-0.4, -0.2) is 19.4 Å². The molecule has 2 nitrogen and oxygen atoms in total. The molecule has 1 aliphatic rings. The van der Waals surface area contributed by atoms with Crippen LogP contribution in [0.1, 0.15) is 13.8 Å². The van der Waals surface area contributed by atoms with Crippen LogP contribution < -0.4 is 0 Å². The fourth-order valence-electron chi connectivity index (χ4n) is 1.90. The van der Waals surface area contributed by atoms with Gasteiger partial charge in [0.25, 0.3) is 0 Å². The maximum Gasteiger partial charge on any atom is 0.204 e. The average Bonchev–Trinajstić information content (AvgIpc) is 2.11. The van der Waals surface area contributed by atoms with Crippen LogP contribution >= 0.6 is 7.37 Å². The standard InChI is InChI=1S/C10H17O2P/c1-5-10-7-13(11,12-4)6-8(2)9(10)3/h1,8-10H,6-7H2,2-4H3. The highest BCUT2D eigenvalue weighted by Crippen LogP contribution is 2.55. The molecule has 0 saturated carbocycles. The van der Waals surface area contributed by atoms with Crippen molar-refractivity contribution in [3.63, 3.8) is 0 Å². The van der Waals surface area contributed by atoms with E-state index >= 15 is 0 Å². The van der Waals surface area contributed by atoms with Gasteiger partial charge in [-0.15, -0.1) is 12.3 Å². The minimum absolute atomic E-state index is 0.120. The predicted molar refractivity (Wildman–Crippen MR) is 55.0 cm³/mol. The summed E-state index contributed by atoms with van der Waals surface area (Å²) in [6.45, 7) is 4.23. The van der Waals surface area contributed by atoms with Gasteiger partial charge < -0.3 is 4.52 Å². The molecular weight excluding hydrogens is 183 g/mol. The molecule has 3 heteroatoms. The van der Waals surface area contributed by atoms with E-state index in [1.54, 1.807) is 0 Å². The Hall–Kier alpha value is -0.250. The first-order valence-electron chi connectivity index (χ1n) is 4.62. The second-order valence-electron chi connectivity index (χ2n) is 3.97. The molecular formula is C10H17O2P. The highest BCUT2D eigenvalue weighted by Gasteiger charge is 2.38. The molecule has 4 atom stereocenters. The Balaban J connectivity index is 2.82. The van der Waals surface area contributed by atoms with Crippen molar-refractivity contribution in [2.45, 2.75) is 13.8 Å². The Kier molecular flexibility index (Phi) is 3.22. The zero-order valence-electron chi connectivity index (χ0n) is 8.49. The number of rotatable bonds is 1. The van der Waals surface area contributed by atoms with Crippen LogP contribution in [0.4, 0.5) is 0 Å². The van der Waals surface area contributed by atoms with E-state index in [2.05, 4.69) is 19.8 Å². The first-order chi connectivity index (χ1) is 6.02. The molecule has 0 amide bonds. The second kappa shape index (κ2) is 3.86. The Morgan fingerprint density at radius 1 is 1.46 bits per heavy atom. The monoisotopic (exact) mass is 200 g/mol. The van der Waals surface area contributed by atoms with Crippen LogP contribution in [0.5, 0.6) is 0 Å². The molecule has 0 aromatic rings. The van der Waals surface area contributed by atoms with Crippen molar-refractivity contribution in [1.82, 2.24) is 0 Å². The molecule has 0 aliphatic carbocycles. The van der Waals surface area contributed by atoms with Gasteiger partial charge in [-0.3, -0.25) is 4.57 Å². The smallest absolute Gasteiger partial charge is 0.204 e. The minimum atomic E-state index is -2.40. The van der Waals surface area contributed by atoms with E-state index in [0.29, 0.717) is 24.2 Å². The molecule has 13 heavy (non-hydrogen) atoms. The van der Waals surface area contributed by atoms with Crippen LogP contribution in [0.15, 0.2) is 0 Å². The summed E-state index contributed by atoms with van der Waals surface area (Å²) in [5, 5.41) is 0. The van der Waals surface area contributed by atoms with Gasteiger partial charge in [0.1, 0.15) is 0 Å². The summed E-state index contributed by atoms with van der Waals surface area (Å²) in [5.41, 5.74) is 0. The summed E-state index contributed by atoms with van der Waals surface area (Å²) in [4.78, 5) is 0. The summed E-state index contributed by atoms with van der Waals surface area (Å²) in [6, 6.07) is 0. The van der Waals surface area contributed by atoms with Crippen molar-refractivity contribution in [1.29, 1.82) is 0 Å². The maximum absolute atomic E-state index is 12.0. The third-order valence-corrected chi connectivity index (χ3v) is 5.87. The van der Waals surface area contributed by atoms with Gasteiger partial charge in [0, 0.05) is 25.4 Å². The summed E-state index contributed by atoms with van der Waals surface area (Å²) in [5.74, 6) is 3.71. The highest BCUT2D eigenvalue weighted by molar-refractivity contribution is 7.59. The van der Waals surface area contributed by atoms with E-state index < -0.39 is 7.37 Å². The van der Waals surface area contributed by atoms with Gasteiger partial charge >= 0.3 is 0 Å². The lowest BCUT2D eigenvalue weighted by Crippen LogP contribution is -2.30. The summed E-state index contributed by atoms with van der Waals surface area (Å²) in [7, 11) is -0.878. The normalized spacial score (nSPS) is 45.5. The third kappa shape index (κ3) is 2.16. The van der Waals surface area contributed by atoms with E-state index in [0.717, 1.165) is 0 Å². The second-order valence-corrected chi connectivity index (χ2v) is 6.70. The molecule has 1 aliphatic heterocycles. The van der Waals surface area contributed by atoms with Crippen molar-refractivity contribution < 1.29 is 9.09 Å². The molecule has 0 aromatic heterocycles. The van der Waals surface area contributed by atoms with Crippen molar-refractivity contribution in [2.24, 2.45) is 17.8 Å². The Morgan fingerprint density at radius 2 is 2.08 bits per heavy atom. The number of hydrogen-bond acceptors (Lipinski definition) is 2.